The first-order chi connectivity index (χ1) is 13.3. The van der Waals surface area contributed by atoms with Crippen LogP contribution in [0.2, 0.25) is 5.02 Å². The number of aromatic nitrogens is 2. The molecule has 1 heterocycles. The molecule has 0 fully saturated rings. The van der Waals surface area contributed by atoms with Crippen molar-refractivity contribution in [3.05, 3.63) is 74.7 Å². The number of nitrogens with zero attached hydrogens (tertiary/aromatic N) is 2. The molecule has 0 radical (unpaired) electrons. The summed E-state index contributed by atoms with van der Waals surface area (Å²) in [5.41, 5.74) is 1.73. The van der Waals surface area contributed by atoms with E-state index in [2.05, 4.69) is 31.7 Å². The second-order valence-electron chi connectivity index (χ2n) is 5.92. The highest BCUT2D eigenvalue weighted by molar-refractivity contribution is 9.10. The van der Waals surface area contributed by atoms with Gasteiger partial charge in [0, 0.05) is 18.1 Å². The Bertz CT molecular complexity index is 1080. The number of anilines is 1. The van der Waals surface area contributed by atoms with Crippen molar-refractivity contribution in [2.75, 3.05) is 12.4 Å². The highest BCUT2D eigenvalue weighted by Gasteiger charge is 2.21. The quantitative estimate of drug-likeness (QED) is 0.601. The van der Waals surface area contributed by atoms with Crippen molar-refractivity contribution >= 4 is 45.0 Å². The Morgan fingerprint density at radius 1 is 1.18 bits per heavy atom. The molecule has 144 valence electrons. The van der Waals surface area contributed by atoms with Crippen molar-refractivity contribution in [1.82, 2.24) is 15.1 Å². The number of nitrogens with one attached hydrogen (secondary N) is 2. The first-order valence-corrected chi connectivity index (χ1v) is 9.32. The van der Waals surface area contributed by atoms with Gasteiger partial charge in [-0.05, 0) is 58.7 Å². The lowest BCUT2D eigenvalue weighted by molar-refractivity contribution is 0.0964. The van der Waals surface area contributed by atoms with E-state index in [1.54, 1.807) is 19.1 Å². The standard InChI is InChI=1S/C19H15BrClFN4O2/c1-10-6-11(21)7-14(18(27)23-2)17(10)24-19(28)15-9-16(20)25-26(15)13-5-3-4-12(22)8-13/h3-9H,1-2H3,(H,23,27)(H,24,28). The maximum atomic E-state index is 13.6. The van der Waals surface area contributed by atoms with Gasteiger partial charge >= 0.3 is 0 Å². The largest absolute Gasteiger partial charge is 0.355 e. The monoisotopic (exact) mass is 464 g/mol. The Hall–Kier alpha value is -2.71. The second kappa shape index (κ2) is 8.12. The van der Waals surface area contributed by atoms with Gasteiger partial charge in [-0.3, -0.25) is 9.59 Å². The third-order valence-electron chi connectivity index (χ3n) is 3.98. The molecule has 0 aliphatic carbocycles. The lowest BCUT2D eigenvalue weighted by Crippen LogP contribution is -2.23. The van der Waals surface area contributed by atoms with Crippen LogP contribution in [0.15, 0.2) is 47.1 Å². The van der Waals surface area contributed by atoms with E-state index in [-0.39, 0.29) is 17.2 Å². The predicted octanol–water partition coefficient (Wildman–Crippen LogP) is 4.35. The van der Waals surface area contributed by atoms with Crippen LogP contribution in [0.25, 0.3) is 5.69 Å². The number of carbonyl (C=O) groups excluding carboxylic acids is 2. The van der Waals surface area contributed by atoms with Gasteiger partial charge in [-0.25, -0.2) is 9.07 Å². The first kappa shape index (κ1) is 20.0. The molecule has 0 saturated carbocycles. The maximum Gasteiger partial charge on any atom is 0.274 e. The number of amides is 2. The lowest BCUT2D eigenvalue weighted by atomic mass is 10.1. The number of aryl methyl sites for hydroxylation is 1. The number of halogens is 3. The van der Waals surface area contributed by atoms with Crippen LogP contribution >= 0.6 is 27.5 Å². The lowest BCUT2D eigenvalue weighted by Gasteiger charge is -2.14. The van der Waals surface area contributed by atoms with Crippen LogP contribution in [0.4, 0.5) is 10.1 Å². The second-order valence-corrected chi connectivity index (χ2v) is 7.17. The van der Waals surface area contributed by atoms with Gasteiger partial charge in [0.1, 0.15) is 16.1 Å². The molecule has 3 rings (SSSR count). The summed E-state index contributed by atoms with van der Waals surface area (Å²) >= 11 is 9.29. The van der Waals surface area contributed by atoms with Crippen LogP contribution in [-0.2, 0) is 0 Å². The molecule has 9 heteroatoms. The number of hydrogen-bond acceptors (Lipinski definition) is 3. The van der Waals surface area contributed by atoms with E-state index in [1.807, 2.05) is 0 Å². The van der Waals surface area contributed by atoms with Crippen molar-refractivity contribution in [3.8, 4) is 5.69 Å². The molecule has 0 aliphatic rings. The number of hydrogen-bond donors (Lipinski definition) is 2. The first-order valence-electron chi connectivity index (χ1n) is 8.15. The average Bonchev–Trinajstić information content (AvgIpc) is 3.05. The Kier molecular flexibility index (Phi) is 5.81. The maximum absolute atomic E-state index is 13.6. The molecule has 2 amide bonds. The summed E-state index contributed by atoms with van der Waals surface area (Å²) in [5.74, 6) is -1.36. The Labute approximate surface area is 173 Å². The van der Waals surface area contributed by atoms with Crippen molar-refractivity contribution in [2.45, 2.75) is 6.92 Å². The van der Waals surface area contributed by atoms with E-state index in [4.69, 9.17) is 11.6 Å². The van der Waals surface area contributed by atoms with Crippen LogP contribution in [0.1, 0.15) is 26.4 Å². The van der Waals surface area contributed by atoms with Gasteiger partial charge in [-0.1, -0.05) is 17.7 Å². The molecule has 28 heavy (non-hydrogen) atoms. The average molecular weight is 466 g/mol. The molecule has 0 saturated heterocycles. The van der Waals surface area contributed by atoms with Gasteiger partial charge in [0.05, 0.1) is 16.9 Å². The fourth-order valence-corrected chi connectivity index (χ4v) is 3.37. The highest BCUT2D eigenvalue weighted by Crippen LogP contribution is 2.27. The summed E-state index contributed by atoms with van der Waals surface area (Å²) in [6.07, 6.45) is 0. The molecule has 0 atom stereocenters. The normalized spacial score (nSPS) is 10.6. The molecule has 3 aromatic rings. The number of carbonyl (C=O) groups is 2. The van der Waals surface area contributed by atoms with Gasteiger partial charge in [0.25, 0.3) is 11.8 Å². The van der Waals surface area contributed by atoms with Crippen LogP contribution in [-0.4, -0.2) is 28.6 Å². The molecular weight excluding hydrogens is 451 g/mol. The van der Waals surface area contributed by atoms with E-state index in [0.717, 1.165) is 0 Å². The fraction of sp³-hybridized carbons (Fsp3) is 0.105. The third kappa shape index (κ3) is 4.07. The van der Waals surface area contributed by atoms with E-state index >= 15 is 0 Å². The Morgan fingerprint density at radius 3 is 2.61 bits per heavy atom. The van der Waals surface area contributed by atoms with Crippen LogP contribution in [0.5, 0.6) is 0 Å². The minimum atomic E-state index is -0.516. The molecule has 0 aliphatic heterocycles. The SMILES string of the molecule is CNC(=O)c1cc(Cl)cc(C)c1NC(=O)c1cc(Br)nn1-c1cccc(F)c1. The zero-order chi connectivity index (χ0) is 20.4. The Morgan fingerprint density at radius 2 is 1.93 bits per heavy atom. The summed E-state index contributed by atoms with van der Waals surface area (Å²) in [4.78, 5) is 25.2. The summed E-state index contributed by atoms with van der Waals surface area (Å²) in [6.45, 7) is 1.73. The summed E-state index contributed by atoms with van der Waals surface area (Å²) in [6, 6.07) is 10.3. The highest BCUT2D eigenvalue weighted by atomic mass is 79.9. The predicted molar refractivity (Wildman–Crippen MR) is 109 cm³/mol. The molecule has 0 bridgehead atoms. The minimum Gasteiger partial charge on any atom is -0.355 e. The fourth-order valence-electron chi connectivity index (χ4n) is 2.72. The Balaban J connectivity index is 2.03. The van der Waals surface area contributed by atoms with Crippen LogP contribution in [0.3, 0.4) is 0 Å². The zero-order valence-corrected chi connectivity index (χ0v) is 17.2. The molecule has 1 aromatic heterocycles. The van der Waals surface area contributed by atoms with Gasteiger partial charge in [0.2, 0.25) is 0 Å². The molecule has 2 N–H and O–H groups in total. The molecular formula is C19H15BrClFN4O2. The minimum absolute atomic E-state index is 0.162. The van der Waals surface area contributed by atoms with Gasteiger partial charge in [-0.15, -0.1) is 0 Å². The van der Waals surface area contributed by atoms with Gasteiger partial charge in [0.15, 0.2) is 0 Å². The van der Waals surface area contributed by atoms with Crippen molar-refractivity contribution in [3.63, 3.8) is 0 Å². The third-order valence-corrected chi connectivity index (χ3v) is 4.58. The van der Waals surface area contributed by atoms with Crippen LogP contribution < -0.4 is 10.6 Å². The summed E-state index contributed by atoms with van der Waals surface area (Å²) in [7, 11) is 1.49. The number of benzene rings is 2. The summed E-state index contributed by atoms with van der Waals surface area (Å²) in [5, 5.41) is 9.84. The molecule has 6 nitrogen and oxygen atoms in total. The van der Waals surface area contributed by atoms with E-state index in [0.29, 0.717) is 26.6 Å². The van der Waals surface area contributed by atoms with Gasteiger partial charge < -0.3 is 10.6 Å². The van der Waals surface area contributed by atoms with E-state index < -0.39 is 11.7 Å². The van der Waals surface area contributed by atoms with Crippen LogP contribution in [0, 0.1) is 12.7 Å². The van der Waals surface area contributed by atoms with Gasteiger partial charge in [-0.2, -0.15) is 5.10 Å². The van der Waals surface area contributed by atoms with Crippen molar-refractivity contribution in [1.29, 1.82) is 0 Å². The van der Waals surface area contributed by atoms with Crippen molar-refractivity contribution < 1.29 is 14.0 Å². The molecule has 0 unspecified atom stereocenters. The van der Waals surface area contributed by atoms with Crippen molar-refractivity contribution in [2.24, 2.45) is 0 Å². The zero-order valence-electron chi connectivity index (χ0n) is 14.9. The molecule has 2 aromatic carbocycles. The van der Waals surface area contributed by atoms with E-state index in [9.17, 15) is 14.0 Å². The van der Waals surface area contributed by atoms with E-state index in [1.165, 1.54) is 42.1 Å². The topological polar surface area (TPSA) is 76.0 Å². The smallest absolute Gasteiger partial charge is 0.274 e. The molecule has 0 spiro atoms. The number of rotatable bonds is 4. The summed E-state index contributed by atoms with van der Waals surface area (Å²) < 4.78 is 15.3.